The largest absolute Gasteiger partial charge is 0.381 e. The van der Waals surface area contributed by atoms with Gasteiger partial charge in [-0.2, -0.15) is 0 Å². The average Bonchev–Trinajstić information content (AvgIpc) is 2.17. The first kappa shape index (κ1) is 11.0. The van der Waals surface area contributed by atoms with Gasteiger partial charge in [0.15, 0.2) is 0 Å². The van der Waals surface area contributed by atoms with Gasteiger partial charge in [-0.05, 0) is 38.1 Å². The molecule has 78 valence electrons. The van der Waals surface area contributed by atoms with Crippen molar-refractivity contribution in [3.8, 4) is 0 Å². The highest BCUT2D eigenvalue weighted by molar-refractivity contribution is 4.79. The van der Waals surface area contributed by atoms with Gasteiger partial charge in [0.1, 0.15) is 0 Å². The Hall–Kier alpha value is -0.120. The average molecular weight is 187 g/mol. The van der Waals surface area contributed by atoms with E-state index in [0.717, 1.165) is 32.2 Å². The Bertz CT molecular complexity index is 129. The summed E-state index contributed by atoms with van der Waals surface area (Å²) in [6.45, 7) is 0.775. The molecule has 2 atom stereocenters. The fraction of sp³-hybridized carbons (Fsp3) is 1.00. The van der Waals surface area contributed by atoms with Crippen LogP contribution in [0.25, 0.3) is 0 Å². The molecule has 1 aliphatic rings. The van der Waals surface area contributed by atoms with E-state index in [2.05, 4.69) is 0 Å². The van der Waals surface area contributed by atoms with Crippen molar-refractivity contribution < 1.29 is 9.47 Å². The monoisotopic (exact) mass is 187 g/mol. The third-order valence-corrected chi connectivity index (χ3v) is 2.96. The predicted octanol–water partition coefficient (Wildman–Crippen LogP) is 1.17. The highest BCUT2D eigenvalue weighted by Gasteiger charge is 2.28. The smallest absolute Gasteiger partial charge is 0.0598 e. The van der Waals surface area contributed by atoms with Crippen LogP contribution in [0.1, 0.15) is 25.7 Å². The molecule has 1 fully saturated rings. The van der Waals surface area contributed by atoms with E-state index in [4.69, 9.17) is 15.2 Å². The van der Waals surface area contributed by atoms with Crippen molar-refractivity contribution in [2.75, 3.05) is 20.8 Å². The Balaban J connectivity index is 2.39. The molecule has 1 rings (SSSR count). The van der Waals surface area contributed by atoms with Crippen molar-refractivity contribution >= 4 is 0 Å². The van der Waals surface area contributed by atoms with Crippen LogP contribution in [-0.2, 0) is 9.47 Å². The highest BCUT2D eigenvalue weighted by Crippen LogP contribution is 2.29. The summed E-state index contributed by atoms with van der Waals surface area (Å²) in [4.78, 5) is 0. The Morgan fingerprint density at radius 1 is 1.08 bits per heavy atom. The van der Waals surface area contributed by atoms with Crippen molar-refractivity contribution in [2.24, 2.45) is 11.7 Å². The summed E-state index contributed by atoms with van der Waals surface area (Å²) in [6, 6.07) is 0. The minimum atomic E-state index is 0.371. The fourth-order valence-electron chi connectivity index (χ4n) is 2.18. The molecule has 1 saturated carbocycles. The maximum absolute atomic E-state index is 5.55. The van der Waals surface area contributed by atoms with Gasteiger partial charge in [0.2, 0.25) is 0 Å². The molecule has 0 spiro atoms. The summed E-state index contributed by atoms with van der Waals surface area (Å²) < 4.78 is 10.8. The SMILES string of the molecule is COC1CC(CCN)CC(OC)C1. The zero-order valence-electron chi connectivity index (χ0n) is 8.66. The second-order valence-electron chi connectivity index (χ2n) is 3.87. The van der Waals surface area contributed by atoms with Crippen LogP contribution in [-0.4, -0.2) is 33.0 Å². The van der Waals surface area contributed by atoms with Gasteiger partial charge in [0, 0.05) is 14.2 Å². The maximum Gasteiger partial charge on any atom is 0.0598 e. The molecular formula is C10H21NO2. The summed E-state index contributed by atoms with van der Waals surface area (Å²) in [5.74, 6) is 0.689. The summed E-state index contributed by atoms with van der Waals surface area (Å²) in [7, 11) is 3.56. The van der Waals surface area contributed by atoms with Crippen LogP contribution in [0.3, 0.4) is 0 Å². The normalized spacial score (nSPS) is 34.8. The lowest BCUT2D eigenvalue weighted by atomic mass is 9.83. The standard InChI is InChI=1S/C10H21NO2/c1-12-9-5-8(3-4-11)6-10(7-9)13-2/h8-10H,3-7,11H2,1-2H3. The van der Waals surface area contributed by atoms with Crippen molar-refractivity contribution in [2.45, 2.75) is 37.9 Å². The van der Waals surface area contributed by atoms with E-state index in [1.807, 2.05) is 0 Å². The number of ether oxygens (including phenoxy) is 2. The Morgan fingerprint density at radius 3 is 2.00 bits per heavy atom. The maximum atomic E-state index is 5.55. The lowest BCUT2D eigenvalue weighted by molar-refractivity contribution is -0.0305. The summed E-state index contributed by atoms with van der Waals surface area (Å²) >= 11 is 0. The molecule has 0 aromatic rings. The van der Waals surface area contributed by atoms with Crippen LogP contribution in [0.5, 0.6) is 0 Å². The van der Waals surface area contributed by atoms with Gasteiger partial charge in [0.25, 0.3) is 0 Å². The Morgan fingerprint density at radius 2 is 1.62 bits per heavy atom. The molecule has 0 saturated heterocycles. The first-order valence-electron chi connectivity index (χ1n) is 5.05. The van der Waals surface area contributed by atoms with Crippen LogP contribution in [0, 0.1) is 5.92 Å². The molecule has 3 nitrogen and oxygen atoms in total. The summed E-state index contributed by atoms with van der Waals surface area (Å²) in [6.07, 6.45) is 5.17. The van der Waals surface area contributed by atoms with Gasteiger partial charge in [0.05, 0.1) is 12.2 Å². The lowest BCUT2D eigenvalue weighted by Crippen LogP contribution is -2.33. The Labute approximate surface area is 80.6 Å². The van der Waals surface area contributed by atoms with Gasteiger partial charge in [-0.1, -0.05) is 0 Å². The minimum absolute atomic E-state index is 0.371. The molecule has 0 aliphatic heterocycles. The third-order valence-electron chi connectivity index (χ3n) is 2.96. The summed E-state index contributed by atoms with van der Waals surface area (Å²) in [5.41, 5.74) is 5.55. The topological polar surface area (TPSA) is 44.5 Å². The molecular weight excluding hydrogens is 166 g/mol. The molecule has 2 N–H and O–H groups in total. The fourth-order valence-corrected chi connectivity index (χ4v) is 2.18. The van der Waals surface area contributed by atoms with Crippen LogP contribution in [0.2, 0.25) is 0 Å². The number of methoxy groups -OCH3 is 2. The highest BCUT2D eigenvalue weighted by atomic mass is 16.5. The second kappa shape index (κ2) is 5.58. The van der Waals surface area contributed by atoms with E-state index >= 15 is 0 Å². The quantitative estimate of drug-likeness (QED) is 0.718. The Kier molecular flexibility index (Phi) is 4.70. The number of hydrogen-bond donors (Lipinski definition) is 1. The van der Waals surface area contributed by atoms with Crippen molar-refractivity contribution in [3.63, 3.8) is 0 Å². The van der Waals surface area contributed by atoms with Gasteiger partial charge in [-0.25, -0.2) is 0 Å². The molecule has 1 aliphatic carbocycles. The van der Waals surface area contributed by atoms with E-state index in [-0.39, 0.29) is 0 Å². The van der Waals surface area contributed by atoms with E-state index in [1.165, 1.54) is 0 Å². The number of rotatable bonds is 4. The van der Waals surface area contributed by atoms with Gasteiger partial charge in [-0.15, -0.1) is 0 Å². The van der Waals surface area contributed by atoms with Crippen molar-refractivity contribution in [3.05, 3.63) is 0 Å². The zero-order chi connectivity index (χ0) is 9.68. The second-order valence-corrected chi connectivity index (χ2v) is 3.87. The van der Waals surface area contributed by atoms with E-state index in [0.29, 0.717) is 18.1 Å². The molecule has 0 bridgehead atoms. The zero-order valence-corrected chi connectivity index (χ0v) is 8.66. The van der Waals surface area contributed by atoms with E-state index in [1.54, 1.807) is 14.2 Å². The molecule has 0 aromatic carbocycles. The molecule has 13 heavy (non-hydrogen) atoms. The van der Waals surface area contributed by atoms with Crippen LogP contribution < -0.4 is 5.73 Å². The molecule has 0 aromatic heterocycles. The molecule has 2 unspecified atom stereocenters. The molecule has 0 heterocycles. The number of nitrogens with two attached hydrogens (primary N) is 1. The predicted molar refractivity (Wildman–Crippen MR) is 52.6 cm³/mol. The molecule has 0 radical (unpaired) electrons. The molecule has 3 heteroatoms. The van der Waals surface area contributed by atoms with E-state index < -0.39 is 0 Å². The van der Waals surface area contributed by atoms with Gasteiger partial charge >= 0.3 is 0 Å². The number of hydrogen-bond acceptors (Lipinski definition) is 3. The van der Waals surface area contributed by atoms with Gasteiger partial charge in [-0.3, -0.25) is 0 Å². The van der Waals surface area contributed by atoms with Crippen molar-refractivity contribution in [1.82, 2.24) is 0 Å². The van der Waals surface area contributed by atoms with Crippen LogP contribution >= 0.6 is 0 Å². The van der Waals surface area contributed by atoms with Crippen LogP contribution in [0.4, 0.5) is 0 Å². The van der Waals surface area contributed by atoms with Crippen LogP contribution in [0.15, 0.2) is 0 Å². The summed E-state index contributed by atoms with van der Waals surface area (Å²) in [5, 5.41) is 0. The first-order valence-corrected chi connectivity index (χ1v) is 5.05. The first-order chi connectivity index (χ1) is 6.30. The van der Waals surface area contributed by atoms with Crippen molar-refractivity contribution in [1.29, 1.82) is 0 Å². The van der Waals surface area contributed by atoms with Gasteiger partial charge < -0.3 is 15.2 Å². The minimum Gasteiger partial charge on any atom is -0.381 e. The van der Waals surface area contributed by atoms with E-state index in [9.17, 15) is 0 Å². The molecule has 0 amide bonds. The lowest BCUT2D eigenvalue weighted by Gasteiger charge is -2.33. The third kappa shape index (κ3) is 3.25.